The number of carbonyl (C=O) groups is 1. The van der Waals surface area contributed by atoms with E-state index in [-0.39, 0.29) is 11.7 Å². The highest BCUT2D eigenvalue weighted by Crippen LogP contribution is 2.18. The highest BCUT2D eigenvalue weighted by atomic mass is 32.1. The fraction of sp³-hybridized carbons (Fsp3) is 0.636. The third-order valence-corrected chi connectivity index (χ3v) is 4.18. The molecule has 1 aliphatic heterocycles. The molecule has 0 bridgehead atoms. The van der Waals surface area contributed by atoms with E-state index in [1.165, 1.54) is 0 Å². The zero-order chi connectivity index (χ0) is 14.8. The lowest BCUT2D eigenvalue weighted by Gasteiger charge is -2.43. The molecule has 0 aliphatic carbocycles. The molecule has 0 radical (unpaired) electrons. The Balaban J connectivity index is 1.98. The summed E-state index contributed by atoms with van der Waals surface area (Å²) in [6.07, 6.45) is 0. The Kier molecular flexibility index (Phi) is 4.19. The van der Waals surface area contributed by atoms with Crippen molar-refractivity contribution in [3.8, 4) is 0 Å². The molecule has 2 heterocycles. The van der Waals surface area contributed by atoms with E-state index in [1.807, 2.05) is 13.8 Å². The van der Waals surface area contributed by atoms with E-state index >= 15 is 0 Å². The first kappa shape index (κ1) is 14.7. The molecule has 0 saturated carbocycles. The molecular formula is C11H18N6O2S. The Hall–Kier alpha value is -1.74. The molecule has 2 rings (SSSR count). The van der Waals surface area contributed by atoms with Crippen LogP contribution in [0.3, 0.4) is 0 Å². The van der Waals surface area contributed by atoms with Gasteiger partial charge in [-0.1, -0.05) is 9.64 Å². The minimum atomic E-state index is -0.536. The second-order valence-corrected chi connectivity index (χ2v) is 5.72. The zero-order valence-electron chi connectivity index (χ0n) is 11.5. The Morgan fingerprint density at radius 2 is 2.10 bits per heavy atom. The van der Waals surface area contributed by atoms with Crippen molar-refractivity contribution in [2.45, 2.75) is 19.4 Å². The molecule has 1 amide bonds. The number of hydrogen-bond donors (Lipinski definition) is 2. The SMILES string of the molecule is CC(C)(C(N)=NO)N1CCN(C(=O)c2csnn2)CC1. The van der Waals surface area contributed by atoms with Gasteiger partial charge in [0.1, 0.15) is 0 Å². The number of rotatable bonds is 3. The molecule has 8 nitrogen and oxygen atoms in total. The molecule has 0 unspecified atom stereocenters. The van der Waals surface area contributed by atoms with Crippen molar-refractivity contribution >= 4 is 23.3 Å². The van der Waals surface area contributed by atoms with Gasteiger partial charge in [0.25, 0.3) is 5.91 Å². The second-order valence-electron chi connectivity index (χ2n) is 5.11. The van der Waals surface area contributed by atoms with E-state index in [0.717, 1.165) is 11.5 Å². The van der Waals surface area contributed by atoms with Gasteiger partial charge < -0.3 is 15.8 Å². The maximum atomic E-state index is 12.1. The van der Waals surface area contributed by atoms with Gasteiger partial charge in [-0.2, -0.15) is 0 Å². The van der Waals surface area contributed by atoms with E-state index < -0.39 is 5.54 Å². The summed E-state index contributed by atoms with van der Waals surface area (Å²) in [6.45, 7) is 6.27. The molecule has 9 heteroatoms. The average molecular weight is 298 g/mol. The van der Waals surface area contributed by atoms with Crippen LogP contribution >= 0.6 is 11.5 Å². The van der Waals surface area contributed by atoms with Gasteiger partial charge in [-0.3, -0.25) is 9.69 Å². The zero-order valence-corrected chi connectivity index (χ0v) is 12.3. The monoisotopic (exact) mass is 298 g/mol. The summed E-state index contributed by atoms with van der Waals surface area (Å²) in [7, 11) is 0. The molecule has 110 valence electrons. The number of nitrogens with zero attached hydrogens (tertiary/aromatic N) is 5. The molecule has 1 aromatic heterocycles. The Morgan fingerprint density at radius 1 is 1.45 bits per heavy atom. The maximum absolute atomic E-state index is 12.1. The van der Waals surface area contributed by atoms with Crippen molar-refractivity contribution in [3.63, 3.8) is 0 Å². The number of amidine groups is 1. The molecule has 1 fully saturated rings. The van der Waals surface area contributed by atoms with Crippen molar-refractivity contribution in [1.29, 1.82) is 0 Å². The summed E-state index contributed by atoms with van der Waals surface area (Å²) < 4.78 is 3.70. The summed E-state index contributed by atoms with van der Waals surface area (Å²) in [4.78, 5) is 16.0. The normalized spacial score (nSPS) is 18.3. The van der Waals surface area contributed by atoms with Gasteiger partial charge in [-0.25, -0.2) is 0 Å². The molecule has 20 heavy (non-hydrogen) atoms. The first-order valence-electron chi connectivity index (χ1n) is 6.26. The predicted octanol–water partition coefficient (Wildman–Crippen LogP) is -0.179. The summed E-state index contributed by atoms with van der Waals surface area (Å²) >= 11 is 1.16. The maximum Gasteiger partial charge on any atom is 0.275 e. The smallest absolute Gasteiger partial charge is 0.275 e. The largest absolute Gasteiger partial charge is 0.409 e. The van der Waals surface area contributed by atoms with E-state index in [9.17, 15) is 4.79 Å². The highest BCUT2D eigenvalue weighted by molar-refractivity contribution is 7.03. The topological polar surface area (TPSA) is 108 Å². The summed E-state index contributed by atoms with van der Waals surface area (Å²) in [5.41, 5.74) is 5.57. The van der Waals surface area contributed by atoms with Crippen LogP contribution in [0.15, 0.2) is 10.5 Å². The highest BCUT2D eigenvalue weighted by Gasteiger charge is 2.35. The lowest BCUT2D eigenvalue weighted by Crippen LogP contribution is -2.60. The van der Waals surface area contributed by atoms with Crippen LogP contribution in [0.1, 0.15) is 24.3 Å². The lowest BCUT2D eigenvalue weighted by molar-refractivity contribution is 0.0526. The number of carbonyl (C=O) groups excluding carboxylic acids is 1. The number of amides is 1. The summed E-state index contributed by atoms with van der Waals surface area (Å²) in [6, 6.07) is 0. The molecular weight excluding hydrogens is 280 g/mol. The third-order valence-electron chi connectivity index (χ3n) is 3.67. The lowest BCUT2D eigenvalue weighted by atomic mass is 10.00. The van der Waals surface area contributed by atoms with Crippen LogP contribution in [0.4, 0.5) is 0 Å². The van der Waals surface area contributed by atoms with Crippen LogP contribution in [-0.2, 0) is 0 Å². The van der Waals surface area contributed by atoms with Gasteiger partial charge in [-0.05, 0) is 25.4 Å². The molecule has 3 N–H and O–H groups in total. The second kappa shape index (κ2) is 5.71. The van der Waals surface area contributed by atoms with Crippen LogP contribution in [0.2, 0.25) is 0 Å². The van der Waals surface area contributed by atoms with Gasteiger partial charge in [0, 0.05) is 31.6 Å². The van der Waals surface area contributed by atoms with Gasteiger partial charge in [-0.15, -0.1) is 5.10 Å². The van der Waals surface area contributed by atoms with Crippen molar-refractivity contribution in [2.75, 3.05) is 26.2 Å². The molecule has 1 aromatic rings. The van der Waals surface area contributed by atoms with Crippen molar-refractivity contribution in [2.24, 2.45) is 10.9 Å². The van der Waals surface area contributed by atoms with Crippen LogP contribution in [0, 0.1) is 0 Å². The minimum absolute atomic E-state index is 0.0972. The Labute approximate surface area is 121 Å². The Bertz CT molecular complexity index is 493. The fourth-order valence-corrected chi connectivity index (χ4v) is 2.60. The van der Waals surface area contributed by atoms with Crippen molar-refractivity contribution < 1.29 is 10.0 Å². The van der Waals surface area contributed by atoms with Crippen molar-refractivity contribution in [3.05, 3.63) is 11.1 Å². The number of nitrogens with two attached hydrogens (primary N) is 1. The third kappa shape index (κ3) is 2.73. The molecule has 1 aliphatic rings. The summed E-state index contributed by atoms with van der Waals surface area (Å²) in [5.74, 6) is 0.0704. The number of aromatic nitrogens is 2. The molecule has 0 atom stereocenters. The standard InChI is InChI=1S/C11H18N6O2S/c1-11(2,10(12)14-19)17-5-3-16(4-6-17)9(18)8-7-20-15-13-8/h7,19H,3-6H2,1-2H3,(H2,12,14). The van der Waals surface area contributed by atoms with E-state index in [2.05, 4.69) is 19.6 Å². The van der Waals surface area contributed by atoms with Crippen LogP contribution in [-0.4, -0.2) is 68.1 Å². The number of oxime groups is 1. The van der Waals surface area contributed by atoms with Gasteiger partial charge in [0.05, 0.1) is 5.54 Å². The van der Waals surface area contributed by atoms with Crippen LogP contribution in [0.5, 0.6) is 0 Å². The van der Waals surface area contributed by atoms with E-state index in [4.69, 9.17) is 10.9 Å². The van der Waals surface area contributed by atoms with Gasteiger partial charge in [0.15, 0.2) is 11.5 Å². The quantitative estimate of drug-likeness (QED) is 0.347. The molecule has 1 saturated heterocycles. The minimum Gasteiger partial charge on any atom is -0.409 e. The first-order valence-corrected chi connectivity index (χ1v) is 7.10. The Morgan fingerprint density at radius 3 is 2.60 bits per heavy atom. The molecule has 0 spiro atoms. The number of hydrogen-bond acceptors (Lipinski definition) is 7. The van der Waals surface area contributed by atoms with Crippen molar-refractivity contribution in [1.82, 2.24) is 19.4 Å². The van der Waals surface area contributed by atoms with Gasteiger partial charge in [0.2, 0.25) is 0 Å². The van der Waals surface area contributed by atoms with Gasteiger partial charge >= 0.3 is 0 Å². The predicted molar refractivity (Wildman–Crippen MR) is 74.9 cm³/mol. The van der Waals surface area contributed by atoms with Crippen LogP contribution in [0.25, 0.3) is 0 Å². The fourth-order valence-electron chi connectivity index (χ4n) is 2.17. The average Bonchev–Trinajstić information content (AvgIpc) is 2.99. The van der Waals surface area contributed by atoms with Crippen LogP contribution < -0.4 is 5.73 Å². The van der Waals surface area contributed by atoms with E-state index in [1.54, 1.807) is 10.3 Å². The number of piperazine rings is 1. The first-order chi connectivity index (χ1) is 9.46. The molecule has 0 aromatic carbocycles. The van der Waals surface area contributed by atoms with E-state index in [0.29, 0.717) is 31.9 Å². The summed E-state index contributed by atoms with van der Waals surface area (Å²) in [5, 5.41) is 17.3.